The summed E-state index contributed by atoms with van der Waals surface area (Å²) in [4.78, 5) is 12.1. The van der Waals surface area contributed by atoms with E-state index < -0.39 is 6.10 Å². The Balaban J connectivity index is 1.01. The first kappa shape index (κ1) is 45.8. The van der Waals surface area contributed by atoms with Crippen LogP contribution in [0.1, 0.15) is 58.1 Å². The Hall–Kier alpha value is -4.93. The number of amides is 1. The molecule has 312 valence electrons. The zero-order chi connectivity index (χ0) is 41.3. The third-order valence-electron chi connectivity index (χ3n) is 9.87. The van der Waals surface area contributed by atoms with Crippen LogP contribution in [0.2, 0.25) is 0 Å². The highest BCUT2D eigenvalue weighted by Crippen LogP contribution is 2.44. The molecule has 0 aliphatic heterocycles. The highest BCUT2D eigenvalue weighted by atomic mass is 16.5. The van der Waals surface area contributed by atoms with E-state index in [0.717, 1.165) is 17.5 Å². The number of aliphatic hydroxyl groups is 1. The molecule has 1 unspecified atom stereocenters. The van der Waals surface area contributed by atoms with Crippen molar-refractivity contribution in [1.29, 1.82) is 0 Å². The minimum Gasteiger partial charge on any atom is -0.491 e. The van der Waals surface area contributed by atoms with Crippen molar-refractivity contribution in [2.75, 3.05) is 52.7 Å². The highest BCUT2D eigenvalue weighted by Gasteiger charge is 2.30. The van der Waals surface area contributed by atoms with Crippen molar-refractivity contribution in [1.82, 2.24) is 10.6 Å². The Morgan fingerprint density at radius 2 is 1.41 bits per heavy atom. The number of carbonyl (C=O) groups is 1. The molecule has 9 heteroatoms. The number of allylic oxidation sites excluding steroid dienone is 9. The summed E-state index contributed by atoms with van der Waals surface area (Å²) in [6.07, 6.45) is 18.2. The molecule has 0 saturated carbocycles. The molecule has 0 aromatic heterocycles. The molecule has 58 heavy (non-hydrogen) atoms. The number of nitrogens with one attached hydrogen (secondary N) is 2. The lowest BCUT2D eigenvalue weighted by molar-refractivity contribution is -0.116. The Morgan fingerprint density at radius 1 is 0.793 bits per heavy atom. The molecule has 0 spiro atoms. The van der Waals surface area contributed by atoms with E-state index in [9.17, 15) is 9.90 Å². The van der Waals surface area contributed by atoms with Gasteiger partial charge < -0.3 is 39.4 Å². The molecule has 0 fully saturated rings. The third kappa shape index (κ3) is 17.3. The van der Waals surface area contributed by atoms with Gasteiger partial charge >= 0.3 is 0 Å². The minimum atomic E-state index is -0.716. The van der Waals surface area contributed by atoms with Gasteiger partial charge in [-0.3, -0.25) is 4.79 Å². The lowest BCUT2D eigenvalue weighted by Crippen LogP contribution is -2.33. The van der Waals surface area contributed by atoms with Crippen molar-refractivity contribution in [2.45, 2.75) is 66.3 Å². The van der Waals surface area contributed by atoms with Crippen LogP contribution in [0.4, 0.5) is 0 Å². The van der Waals surface area contributed by atoms with Gasteiger partial charge in [0.2, 0.25) is 5.91 Å². The average molecular weight is 793 g/mol. The van der Waals surface area contributed by atoms with Crippen molar-refractivity contribution >= 4 is 5.91 Å². The van der Waals surface area contributed by atoms with E-state index in [4.69, 9.17) is 23.7 Å². The summed E-state index contributed by atoms with van der Waals surface area (Å²) in [5.41, 5.74) is 5.37. The molecular formula is C49H64N2O7. The molecule has 2 atom stereocenters. The van der Waals surface area contributed by atoms with E-state index in [1.165, 1.54) is 24.5 Å². The maximum absolute atomic E-state index is 12.1. The van der Waals surface area contributed by atoms with Crippen molar-refractivity contribution in [3.8, 4) is 17.2 Å². The molecule has 0 saturated heterocycles. The summed E-state index contributed by atoms with van der Waals surface area (Å²) in [5, 5.41) is 16.5. The van der Waals surface area contributed by atoms with E-state index in [0.29, 0.717) is 82.4 Å². The maximum Gasteiger partial charge on any atom is 0.244 e. The summed E-state index contributed by atoms with van der Waals surface area (Å²) in [6.45, 7) is 13.2. The van der Waals surface area contributed by atoms with Crippen LogP contribution in [0.3, 0.4) is 0 Å². The molecule has 9 nitrogen and oxygen atoms in total. The van der Waals surface area contributed by atoms with Crippen LogP contribution < -0.4 is 24.8 Å². The molecule has 1 aliphatic rings. The first-order valence-corrected chi connectivity index (χ1v) is 20.6. The number of rotatable bonds is 26. The molecule has 0 radical (unpaired) electrons. The summed E-state index contributed by atoms with van der Waals surface area (Å²) >= 11 is 0. The van der Waals surface area contributed by atoms with Gasteiger partial charge in [0.25, 0.3) is 0 Å². The predicted molar refractivity (Wildman–Crippen MR) is 233 cm³/mol. The molecule has 3 N–H and O–H groups in total. The molecule has 3 aromatic carbocycles. The molecule has 3 aromatic rings. The number of benzene rings is 3. The van der Waals surface area contributed by atoms with Crippen LogP contribution in [-0.2, 0) is 27.5 Å². The van der Waals surface area contributed by atoms with E-state index in [2.05, 4.69) is 50.5 Å². The summed E-state index contributed by atoms with van der Waals surface area (Å²) in [6, 6.07) is 25.3. The van der Waals surface area contributed by atoms with Crippen molar-refractivity contribution < 1.29 is 33.6 Å². The summed E-state index contributed by atoms with van der Waals surface area (Å²) in [7, 11) is 0. The van der Waals surface area contributed by atoms with E-state index in [-0.39, 0.29) is 17.9 Å². The predicted octanol–water partition coefficient (Wildman–Crippen LogP) is 8.71. The summed E-state index contributed by atoms with van der Waals surface area (Å²) < 4.78 is 29.3. The zero-order valence-corrected chi connectivity index (χ0v) is 34.9. The van der Waals surface area contributed by atoms with Crippen molar-refractivity contribution in [3.63, 3.8) is 0 Å². The molecule has 0 bridgehead atoms. The van der Waals surface area contributed by atoms with Crippen molar-refractivity contribution in [2.24, 2.45) is 11.3 Å². The summed E-state index contributed by atoms with van der Waals surface area (Å²) in [5.74, 6) is 2.24. The van der Waals surface area contributed by atoms with E-state index >= 15 is 0 Å². The van der Waals surface area contributed by atoms with Gasteiger partial charge in [-0.2, -0.15) is 0 Å². The van der Waals surface area contributed by atoms with Crippen LogP contribution in [0, 0.1) is 11.3 Å². The molecule has 1 amide bonds. The Labute approximate surface area is 346 Å². The van der Waals surface area contributed by atoms with Gasteiger partial charge in [-0.15, -0.1) is 0 Å². The lowest BCUT2D eigenvalue weighted by atomic mass is 9.68. The number of ether oxygens (including phenoxy) is 5. The van der Waals surface area contributed by atoms with Gasteiger partial charge in [-0.25, -0.2) is 0 Å². The number of carbonyl (C=O) groups excluding carboxylic acids is 1. The second-order valence-electron chi connectivity index (χ2n) is 14.9. The van der Waals surface area contributed by atoms with Gasteiger partial charge in [0.15, 0.2) is 11.5 Å². The quantitative estimate of drug-likeness (QED) is 0.0421. The van der Waals surface area contributed by atoms with E-state index in [1.807, 2.05) is 97.1 Å². The standard InChI is InChI=1S/C49H64N2O7/c1-5-44-39(2)26-27-49(3,4)45(44)22-16-8-6-7-9-17-23-48(53)51-29-31-55-33-32-54-30-28-50-35-42(52)38-56-43-24-25-46(57-36-40-18-12-10-13-19-40)47(34-43)58-37-41-20-14-11-15-21-41/h6-25,34,39,42,50,52H,5,26-33,35-38H2,1-4H3,(H,51,53)/b8-6+,9-7+,22-16+,23-17+/t39?,42-/m1/s1. The Kier molecular flexibility index (Phi) is 20.6. The molecular weight excluding hydrogens is 729 g/mol. The van der Waals surface area contributed by atoms with Crippen LogP contribution in [0.15, 0.2) is 139 Å². The van der Waals surface area contributed by atoms with Crippen LogP contribution in [-0.4, -0.2) is 69.8 Å². The van der Waals surface area contributed by atoms with Crippen LogP contribution in [0.25, 0.3) is 0 Å². The molecule has 0 heterocycles. The third-order valence-corrected chi connectivity index (χ3v) is 9.87. The highest BCUT2D eigenvalue weighted by molar-refractivity contribution is 5.87. The van der Waals surface area contributed by atoms with Crippen LogP contribution in [0.5, 0.6) is 17.2 Å². The molecule has 4 rings (SSSR count). The first-order chi connectivity index (χ1) is 28.2. The van der Waals surface area contributed by atoms with Gasteiger partial charge in [0.05, 0.1) is 26.4 Å². The fourth-order valence-electron chi connectivity index (χ4n) is 6.58. The van der Waals surface area contributed by atoms with Gasteiger partial charge in [0, 0.05) is 31.8 Å². The molecule has 1 aliphatic carbocycles. The van der Waals surface area contributed by atoms with E-state index in [1.54, 1.807) is 17.7 Å². The minimum absolute atomic E-state index is 0.110. The second kappa shape index (κ2) is 26.1. The Bertz CT molecular complexity index is 1780. The largest absolute Gasteiger partial charge is 0.491 e. The van der Waals surface area contributed by atoms with Crippen molar-refractivity contribution in [3.05, 3.63) is 150 Å². The second-order valence-corrected chi connectivity index (χ2v) is 14.9. The smallest absolute Gasteiger partial charge is 0.244 e. The van der Waals surface area contributed by atoms with Gasteiger partial charge in [-0.05, 0) is 59.4 Å². The fraction of sp³-hybridized carbons (Fsp3) is 0.408. The maximum atomic E-state index is 12.1. The van der Waals surface area contributed by atoms with Gasteiger partial charge in [0.1, 0.15) is 31.7 Å². The number of aliphatic hydroxyl groups excluding tert-OH is 1. The van der Waals surface area contributed by atoms with Gasteiger partial charge in [-0.1, -0.05) is 136 Å². The lowest BCUT2D eigenvalue weighted by Gasteiger charge is -2.37. The monoisotopic (exact) mass is 792 g/mol. The number of hydrogen-bond donors (Lipinski definition) is 3. The average Bonchev–Trinajstić information content (AvgIpc) is 3.23. The Morgan fingerprint density at radius 3 is 2.09 bits per heavy atom. The zero-order valence-electron chi connectivity index (χ0n) is 34.9. The first-order valence-electron chi connectivity index (χ1n) is 20.6. The topological polar surface area (TPSA) is 108 Å². The SMILES string of the molecule is CCC1=C(/C=C/C=C/C=C/C=C/C(=O)NCCOCCOCCNC[C@@H](O)COc2ccc(OCc3ccccc3)c(OCc3ccccc3)c2)C(C)(C)CCC1C. The number of hydrogen-bond acceptors (Lipinski definition) is 8. The normalized spacial score (nSPS) is 16.1. The van der Waals surface area contributed by atoms with Crippen LogP contribution >= 0.6 is 0 Å². The fourth-order valence-corrected chi connectivity index (χ4v) is 6.58.